The Labute approximate surface area is 251 Å². The van der Waals surface area contributed by atoms with E-state index in [4.69, 9.17) is 0 Å². The lowest BCUT2D eigenvalue weighted by Crippen LogP contribution is -2.53. The summed E-state index contributed by atoms with van der Waals surface area (Å²) in [4.78, 5) is 54.7. The van der Waals surface area contributed by atoms with E-state index < -0.39 is 0 Å². The van der Waals surface area contributed by atoms with Crippen LogP contribution in [0.4, 0.5) is 0 Å². The number of amides is 4. The molecule has 0 radical (unpaired) electrons. The Kier molecular flexibility index (Phi) is 21.2. The van der Waals surface area contributed by atoms with Crippen LogP contribution >= 0.6 is 0 Å². The number of likely N-dealkylation sites (N-methyl/N-ethyl adjacent to an activating group) is 1. The van der Waals surface area contributed by atoms with Crippen LogP contribution in [0, 0.1) is 11.8 Å². The molecule has 0 aromatic rings. The summed E-state index contributed by atoms with van der Waals surface area (Å²) in [7, 11) is 7.35. The number of nitrogens with zero attached hydrogens (tertiary/aromatic N) is 5. The fourth-order valence-electron chi connectivity index (χ4n) is 4.98. The van der Waals surface area contributed by atoms with Gasteiger partial charge in [-0.2, -0.15) is 0 Å². The molecule has 3 saturated heterocycles. The summed E-state index contributed by atoms with van der Waals surface area (Å²) in [6, 6.07) is -0.0242. The van der Waals surface area contributed by atoms with E-state index in [1.807, 2.05) is 4.90 Å². The Bertz CT molecular complexity index is 719. The molecular formula is C31H62N6O4. The van der Waals surface area contributed by atoms with Crippen LogP contribution in [0.25, 0.3) is 0 Å². The topological polar surface area (TPSA) is 96.5 Å². The smallest absolute Gasteiger partial charge is 0.241 e. The molecule has 3 fully saturated rings. The predicted molar refractivity (Wildman–Crippen MR) is 167 cm³/mol. The van der Waals surface area contributed by atoms with E-state index in [9.17, 15) is 19.2 Å². The van der Waals surface area contributed by atoms with Gasteiger partial charge in [0, 0.05) is 46.8 Å². The molecule has 240 valence electrons. The molecule has 0 spiro atoms. The van der Waals surface area contributed by atoms with Crippen molar-refractivity contribution in [3.8, 4) is 0 Å². The monoisotopic (exact) mass is 582 g/mol. The third-order valence-electron chi connectivity index (χ3n) is 7.28. The predicted octanol–water partition coefficient (Wildman–Crippen LogP) is 2.77. The number of hydrogen-bond donors (Lipinski definition) is 1. The zero-order valence-corrected chi connectivity index (χ0v) is 27.7. The van der Waals surface area contributed by atoms with Gasteiger partial charge in [-0.3, -0.25) is 24.1 Å². The van der Waals surface area contributed by atoms with Crippen molar-refractivity contribution in [1.82, 2.24) is 29.8 Å². The van der Waals surface area contributed by atoms with E-state index in [1.54, 1.807) is 26.0 Å². The van der Waals surface area contributed by atoms with Crippen LogP contribution in [0.2, 0.25) is 0 Å². The number of hydrogen-bond acceptors (Lipinski definition) is 6. The second-order valence-electron chi connectivity index (χ2n) is 12.7. The van der Waals surface area contributed by atoms with Gasteiger partial charge < -0.3 is 24.9 Å². The van der Waals surface area contributed by atoms with E-state index in [0.717, 1.165) is 57.6 Å². The summed E-state index contributed by atoms with van der Waals surface area (Å²) in [5, 5.41) is 2.43. The quantitative estimate of drug-likeness (QED) is 0.420. The van der Waals surface area contributed by atoms with Crippen LogP contribution in [0.1, 0.15) is 79.6 Å². The fourth-order valence-corrected chi connectivity index (χ4v) is 4.98. The van der Waals surface area contributed by atoms with Gasteiger partial charge in [-0.05, 0) is 77.0 Å². The number of nitrogens with one attached hydrogen (secondary N) is 1. The van der Waals surface area contributed by atoms with Crippen molar-refractivity contribution >= 4 is 24.6 Å². The SMILES string of the molecule is CC(C)C.CC(C)[C@@H](CN1CCC[C@H]1C(=O)N1CCCC1)N(C)C(=O)CNC=O.CN(C)C=O.CN1CCCCC1. The van der Waals surface area contributed by atoms with Crippen LogP contribution in [-0.2, 0) is 19.2 Å². The largest absolute Gasteiger partial charge is 0.351 e. The first kappa shape index (κ1) is 38.8. The Morgan fingerprint density at radius 1 is 0.854 bits per heavy atom. The summed E-state index contributed by atoms with van der Waals surface area (Å²) in [5.41, 5.74) is 0. The minimum atomic E-state index is -0.104. The standard InChI is InChI=1S/C18H32N4O3.C6H13N.C4H10.C3H7NO/c1-14(2)16(20(3)17(24)11-19-13-23)12-22-10-6-7-15(22)18(25)21-8-4-5-9-21;1-7-5-3-2-4-6-7;1-4(2)3;1-4(2)3-5/h13-16H,4-12H2,1-3H3,(H,19,23);2-6H2,1H3;4H,1-3H3;3H,1-2H3/t15-,16+;;;/m0.../s1. The first-order valence-corrected chi connectivity index (χ1v) is 15.6. The first-order chi connectivity index (χ1) is 19.3. The zero-order chi connectivity index (χ0) is 31.4. The van der Waals surface area contributed by atoms with Crippen LogP contribution in [0.3, 0.4) is 0 Å². The lowest BCUT2D eigenvalue weighted by atomic mass is 10.0. The van der Waals surface area contributed by atoms with Crippen LogP contribution < -0.4 is 5.32 Å². The van der Waals surface area contributed by atoms with Crippen molar-refractivity contribution in [2.45, 2.75) is 91.6 Å². The maximum Gasteiger partial charge on any atom is 0.241 e. The van der Waals surface area contributed by atoms with Crippen molar-refractivity contribution in [3.05, 3.63) is 0 Å². The maximum absolute atomic E-state index is 12.8. The minimum absolute atomic E-state index is 0.0133. The molecule has 3 heterocycles. The maximum atomic E-state index is 12.8. The molecule has 0 saturated carbocycles. The summed E-state index contributed by atoms with van der Waals surface area (Å²) < 4.78 is 0. The second kappa shape index (κ2) is 22.4. The van der Waals surface area contributed by atoms with Crippen molar-refractivity contribution < 1.29 is 19.2 Å². The van der Waals surface area contributed by atoms with Crippen molar-refractivity contribution in [2.75, 3.05) is 74.0 Å². The first-order valence-electron chi connectivity index (χ1n) is 15.6. The molecule has 0 aromatic carbocycles. The summed E-state index contributed by atoms with van der Waals surface area (Å²) >= 11 is 0. The van der Waals surface area contributed by atoms with Gasteiger partial charge in [-0.25, -0.2) is 0 Å². The molecule has 0 aromatic heterocycles. The van der Waals surface area contributed by atoms with Gasteiger partial charge in [0.2, 0.25) is 24.6 Å². The number of carbonyl (C=O) groups excluding carboxylic acids is 4. The van der Waals surface area contributed by atoms with Gasteiger partial charge in [0.05, 0.1) is 12.6 Å². The van der Waals surface area contributed by atoms with Crippen LogP contribution in [-0.4, -0.2) is 135 Å². The Morgan fingerprint density at radius 3 is 1.78 bits per heavy atom. The number of carbonyl (C=O) groups is 4. The molecule has 41 heavy (non-hydrogen) atoms. The number of likely N-dealkylation sites (tertiary alicyclic amines) is 3. The highest BCUT2D eigenvalue weighted by molar-refractivity contribution is 5.82. The second-order valence-corrected chi connectivity index (χ2v) is 12.7. The number of piperidine rings is 1. The van der Waals surface area contributed by atoms with Crippen LogP contribution in [0.5, 0.6) is 0 Å². The van der Waals surface area contributed by atoms with Gasteiger partial charge >= 0.3 is 0 Å². The molecule has 0 bridgehead atoms. The molecule has 10 nitrogen and oxygen atoms in total. The molecule has 0 aliphatic carbocycles. The van der Waals surface area contributed by atoms with Crippen molar-refractivity contribution in [1.29, 1.82) is 0 Å². The molecule has 4 amide bonds. The van der Waals surface area contributed by atoms with E-state index in [-0.39, 0.29) is 36.4 Å². The molecule has 3 aliphatic rings. The van der Waals surface area contributed by atoms with Gasteiger partial charge in [-0.1, -0.05) is 41.0 Å². The third-order valence-corrected chi connectivity index (χ3v) is 7.28. The summed E-state index contributed by atoms with van der Waals surface area (Å²) in [5.74, 6) is 1.26. The molecule has 3 aliphatic heterocycles. The zero-order valence-electron chi connectivity index (χ0n) is 27.7. The molecular weight excluding hydrogens is 520 g/mol. The average molecular weight is 583 g/mol. The lowest BCUT2D eigenvalue weighted by Gasteiger charge is -2.37. The van der Waals surface area contributed by atoms with Crippen molar-refractivity contribution in [3.63, 3.8) is 0 Å². The van der Waals surface area contributed by atoms with Gasteiger partial charge in [0.15, 0.2) is 0 Å². The van der Waals surface area contributed by atoms with E-state index in [2.05, 4.69) is 56.8 Å². The van der Waals surface area contributed by atoms with Crippen molar-refractivity contribution in [2.24, 2.45) is 11.8 Å². The highest BCUT2D eigenvalue weighted by Crippen LogP contribution is 2.24. The lowest BCUT2D eigenvalue weighted by molar-refractivity contribution is -0.136. The normalized spacial score (nSPS) is 19.6. The molecule has 3 rings (SSSR count). The molecule has 10 heteroatoms. The fraction of sp³-hybridized carbons (Fsp3) is 0.871. The molecule has 2 atom stereocenters. The molecule has 1 N–H and O–H groups in total. The highest BCUT2D eigenvalue weighted by atomic mass is 16.2. The Hall–Kier alpha value is -2.20. The summed E-state index contributed by atoms with van der Waals surface area (Å²) in [6.45, 7) is 16.7. The van der Waals surface area contributed by atoms with Gasteiger partial charge in [0.1, 0.15) is 0 Å². The van der Waals surface area contributed by atoms with E-state index in [1.165, 1.54) is 37.3 Å². The van der Waals surface area contributed by atoms with Gasteiger partial charge in [0.25, 0.3) is 0 Å². The minimum Gasteiger partial charge on any atom is -0.351 e. The van der Waals surface area contributed by atoms with E-state index >= 15 is 0 Å². The highest BCUT2D eigenvalue weighted by Gasteiger charge is 2.37. The Morgan fingerprint density at radius 2 is 1.37 bits per heavy atom. The third kappa shape index (κ3) is 17.4. The Balaban J connectivity index is 0.000000809. The number of rotatable bonds is 9. The van der Waals surface area contributed by atoms with E-state index in [0.29, 0.717) is 13.0 Å². The summed E-state index contributed by atoms with van der Waals surface area (Å²) in [6.07, 6.45) is 9.71. The average Bonchev–Trinajstić information content (AvgIpc) is 3.63. The van der Waals surface area contributed by atoms with Crippen LogP contribution in [0.15, 0.2) is 0 Å². The van der Waals surface area contributed by atoms with Gasteiger partial charge in [-0.15, -0.1) is 0 Å². The molecule has 0 unspecified atom stereocenters.